The Morgan fingerprint density at radius 2 is 1.81 bits per heavy atom. The van der Waals surface area contributed by atoms with Gasteiger partial charge in [0.2, 0.25) is 0 Å². The van der Waals surface area contributed by atoms with Crippen LogP contribution in [-0.2, 0) is 10.5 Å². The SMILES string of the molecule is CC(C)(C)[SiH](Cc1ccccc1)OCCCl. The lowest BCUT2D eigenvalue weighted by molar-refractivity contribution is 0.323. The molecule has 16 heavy (non-hydrogen) atoms. The van der Waals surface area contributed by atoms with Gasteiger partial charge in [-0.25, -0.2) is 0 Å². The van der Waals surface area contributed by atoms with E-state index in [0.717, 1.165) is 6.04 Å². The molecule has 90 valence electrons. The van der Waals surface area contributed by atoms with Crippen molar-refractivity contribution in [3.63, 3.8) is 0 Å². The summed E-state index contributed by atoms with van der Waals surface area (Å²) in [5, 5.41) is 0.280. The molecule has 0 spiro atoms. The zero-order valence-corrected chi connectivity index (χ0v) is 12.3. The van der Waals surface area contributed by atoms with E-state index in [-0.39, 0.29) is 5.04 Å². The fraction of sp³-hybridized carbons (Fsp3) is 0.538. The fourth-order valence-electron chi connectivity index (χ4n) is 1.63. The summed E-state index contributed by atoms with van der Waals surface area (Å²) in [5.41, 5.74) is 1.38. The van der Waals surface area contributed by atoms with Crippen molar-refractivity contribution in [3.8, 4) is 0 Å². The molecule has 0 bridgehead atoms. The first-order chi connectivity index (χ1) is 7.54. The molecule has 0 heterocycles. The normalized spacial score (nSPS) is 13.8. The van der Waals surface area contributed by atoms with Gasteiger partial charge in [0.1, 0.15) is 0 Å². The second kappa shape index (κ2) is 6.43. The molecule has 0 saturated carbocycles. The molecule has 0 radical (unpaired) electrons. The Morgan fingerprint density at radius 3 is 2.31 bits per heavy atom. The highest BCUT2D eigenvalue weighted by Crippen LogP contribution is 2.29. The van der Waals surface area contributed by atoms with Gasteiger partial charge in [-0.2, -0.15) is 0 Å². The van der Waals surface area contributed by atoms with Crippen LogP contribution in [0.5, 0.6) is 0 Å². The Bertz CT molecular complexity index is 295. The van der Waals surface area contributed by atoms with Gasteiger partial charge in [-0.1, -0.05) is 51.1 Å². The molecule has 1 rings (SSSR count). The van der Waals surface area contributed by atoms with Gasteiger partial charge < -0.3 is 4.43 Å². The Labute approximate surface area is 106 Å². The quantitative estimate of drug-likeness (QED) is 0.578. The summed E-state index contributed by atoms with van der Waals surface area (Å²) in [4.78, 5) is 0. The smallest absolute Gasteiger partial charge is 0.186 e. The van der Waals surface area contributed by atoms with Crippen LogP contribution in [0, 0.1) is 0 Å². The number of benzene rings is 1. The Hall–Kier alpha value is -0.313. The highest BCUT2D eigenvalue weighted by atomic mass is 35.5. The summed E-state index contributed by atoms with van der Waals surface area (Å²) in [6.45, 7) is 7.48. The third-order valence-electron chi connectivity index (χ3n) is 2.63. The van der Waals surface area contributed by atoms with E-state index in [0.29, 0.717) is 12.5 Å². The maximum absolute atomic E-state index is 5.97. The van der Waals surface area contributed by atoms with Crippen LogP contribution >= 0.6 is 11.6 Å². The molecule has 1 nitrogen and oxygen atoms in total. The Balaban J connectivity index is 2.64. The van der Waals surface area contributed by atoms with Gasteiger partial charge in [0, 0.05) is 12.5 Å². The first-order valence-electron chi connectivity index (χ1n) is 5.75. The molecule has 0 amide bonds. The average molecular weight is 257 g/mol. The van der Waals surface area contributed by atoms with Crippen LogP contribution in [0.15, 0.2) is 30.3 Å². The van der Waals surface area contributed by atoms with E-state index in [9.17, 15) is 0 Å². The molecular weight excluding hydrogens is 236 g/mol. The van der Waals surface area contributed by atoms with E-state index in [4.69, 9.17) is 16.0 Å². The lowest BCUT2D eigenvalue weighted by Crippen LogP contribution is -2.33. The summed E-state index contributed by atoms with van der Waals surface area (Å²) in [7, 11) is -1.25. The van der Waals surface area contributed by atoms with Gasteiger partial charge in [-0.3, -0.25) is 0 Å². The van der Waals surface area contributed by atoms with Gasteiger partial charge in [0.25, 0.3) is 0 Å². The predicted molar refractivity (Wildman–Crippen MR) is 73.7 cm³/mol. The van der Waals surface area contributed by atoms with E-state index < -0.39 is 9.04 Å². The van der Waals surface area contributed by atoms with Crippen LogP contribution in [-0.4, -0.2) is 21.5 Å². The van der Waals surface area contributed by atoms with Crippen molar-refractivity contribution in [1.29, 1.82) is 0 Å². The maximum atomic E-state index is 5.97. The van der Waals surface area contributed by atoms with Crippen molar-refractivity contribution in [2.45, 2.75) is 31.9 Å². The van der Waals surface area contributed by atoms with E-state index in [2.05, 4.69) is 51.1 Å². The van der Waals surface area contributed by atoms with E-state index >= 15 is 0 Å². The summed E-state index contributed by atoms with van der Waals surface area (Å²) >= 11 is 5.70. The lowest BCUT2D eigenvalue weighted by atomic mass is 10.2. The summed E-state index contributed by atoms with van der Waals surface area (Å²) in [5.74, 6) is 0.592. The number of alkyl halides is 1. The van der Waals surface area contributed by atoms with Gasteiger partial charge in [0.05, 0.1) is 0 Å². The van der Waals surface area contributed by atoms with Crippen LogP contribution in [0.3, 0.4) is 0 Å². The molecule has 1 unspecified atom stereocenters. The molecule has 1 aromatic rings. The van der Waals surface area contributed by atoms with Gasteiger partial charge in [0.15, 0.2) is 9.04 Å². The van der Waals surface area contributed by atoms with Gasteiger partial charge in [-0.05, 0) is 16.6 Å². The lowest BCUT2D eigenvalue weighted by Gasteiger charge is -2.29. The third kappa shape index (κ3) is 4.68. The molecule has 0 aliphatic heterocycles. The minimum Gasteiger partial charge on any atom is -0.418 e. The molecule has 0 saturated heterocycles. The molecule has 0 aliphatic carbocycles. The Morgan fingerprint density at radius 1 is 1.19 bits per heavy atom. The highest BCUT2D eigenvalue weighted by molar-refractivity contribution is 6.54. The first kappa shape index (κ1) is 13.8. The van der Waals surface area contributed by atoms with Crippen molar-refractivity contribution in [2.24, 2.45) is 0 Å². The number of hydrogen-bond acceptors (Lipinski definition) is 1. The topological polar surface area (TPSA) is 9.23 Å². The van der Waals surface area contributed by atoms with E-state index in [1.54, 1.807) is 0 Å². The Kier molecular flexibility index (Phi) is 5.53. The molecule has 0 aliphatic rings. The summed E-state index contributed by atoms with van der Waals surface area (Å²) < 4.78 is 5.97. The predicted octanol–water partition coefficient (Wildman–Crippen LogP) is 3.55. The molecule has 0 fully saturated rings. The molecule has 0 aromatic heterocycles. The standard InChI is InChI=1S/C13H21ClOSi/c1-13(2,3)16(15-10-9-14)11-12-7-5-4-6-8-12/h4-8,16H,9-11H2,1-3H3. The van der Waals surface area contributed by atoms with Crippen LogP contribution in [0.4, 0.5) is 0 Å². The third-order valence-corrected chi connectivity index (χ3v) is 6.19. The average Bonchev–Trinajstić information content (AvgIpc) is 2.24. The number of hydrogen-bond donors (Lipinski definition) is 0. The fourth-order valence-corrected chi connectivity index (χ4v) is 4.20. The monoisotopic (exact) mass is 256 g/mol. The van der Waals surface area contributed by atoms with Crippen LogP contribution in [0.2, 0.25) is 5.04 Å². The number of halogens is 1. The van der Waals surface area contributed by atoms with Gasteiger partial charge >= 0.3 is 0 Å². The zero-order chi connectivity index (χ0) is 12.0. The number of rotatable bonds is 5. The van der Waals surface area contributed by atoms with Crippen molar-refractivity contribution < 1.29 is 4.43 Å². The molecule has 0 N–H and O–H groups in total. The van der Waals surface area contributed by atoms with E-state index in [1.807, 2.05) is 0 Å². The van der Waals surface area contributed by atoms with Gasteiger partial charge in [-0.15, -0.1) is 11.6 Å². The first-order valence-corrected chi connectivity index (χ1v) is 8.15. The molecule has 1 aromatic carbocycles. The molecule has 3 heteroatoms. The molecule has 1 atom stereocenters. The van der Waals surface area contributed by atoms with Crippen molar-refractivity contribution in [2.75, 3.05) is 12.5 Å². The second-order valence-electron chi connectivity index (χ2n) is 5.10. The van der Waals surface area contributed by atoms with Crippen molar-refractivity contribution in [3.05, 3.63) is 35.9 Å². The van der Waals surface area contributed by atoms with Crippen molar-refractivity contribution >= 4 is 20.6 Å². The molecular formula is C13H21ClOSi. The summed E-state index contributed by atoms with van der Waals surface area (Å²) in [6, 6.07) is 11.7. The highest BCUT2D eigenvalue weighted by Gasteiger charge is 2.27. The minimum absolute atomic E-state index is 0.280. The van der Waals surface area contributed by atoms with Crippen LogP contribution in [0.25, 0.3) is 0 Å². The van der Waals surface area contributed by atoms with Crippen LogP contribution < -0.4 is 0 Å². The summed E-state index contributed by atoms with van der Waals surface area (Å²) in [6.07, 6.45) is 0. The minimum atomic E-state index is -1.25. The second-order valence-corrected chi connectivity index (χ2v) is 8.93. The maximum Gasteiger partial charge on any atom is 0.186 e. The van der Waals surface area contributed by atoms with E-state index in [1.165, 1.54) is 5.56 Å². The largest absolute Gasteiger partial charge is 0.418 e. The van der Waals surface area contributed by atoms with Crippen LogP contribution in [0.1, 0.15) is 26.3 Å². The van der Waals surface area contributed by atoms with Crippen molar-refractivity contribution in [1.82, 2.24) is 0 Å². The zero-order valence-electron chi connectivity index (χ0n) is 10.4.